The van der Waals surface area contributed by atoms with Gasteiger partial charge in [0.2, 0.25) is 0 Å². The summed E-state index contributed by atoms with van der Waals surface area (Å²) in [6.07, 6.45) is 7.66. The van der Waals surface area contributed by atoms with Crippen LogP contribution < -0.4 is 0 Å². The van der Waals surface area contributed by atoms with Crippen LogP contribution in [0.1, 0.15) is 32.1 Å². The number of rotatable bonds is 6. The zero-order valence-corrected chi connectivity index (χ0v) is 16.7. The van der Waals surface area contributed by atoms with Crippen LogP contribution in [0.4, 0.5) is 0 Å². The van der Waals surface area contributed by atoms with Gasteiger partial charge in [0.15, 0.2) is 6.10 Å². The van der Waals surface area contributed by atoms with Crippen LogP contribution in [0.5, 0.6) is 0 Å². The van der Waals surface area contributed by atoms with Crippen LogP contribution in [0.2, 0.25) is 0 Å². The maximum atomic E-state index is 6.06. The second kappa shape index (κ2) is 7.75. The van der Waals surface area contributed by atoms with Gasteiger partial charge >= 0.3 is 6.16 Å². The molecule has 0 aromatic carbocycles. The van der Waals surface area contributed by atoms with Gasteiger partial charge in [-0.05, 0) is 25.3 Å². The van der Waals surface area contributed by atoms with Gasteiger partial charge in [0, 0.05) is 24.7 Å². The molecule has 4 aliphatic heterocycles. The molecule has 8 nitrogen and oxygen atoms in total. The third-order valence-corrected chi connectivity index (χ3v) is 6.67. The van der Waals surface area contributed by atoms with Crippen molar-refractivity contribution < 1.29 is 37.9 Å². The normalized spacial score (nSPS) is 48.3. The fourth-order valence-electron chi connectivity index (χ4n) is 4.67. The van der Waals surface area contributed by atoms with E-state index in [-0.39, 0.29) is 17.9 Å². The summed E-state index contributed by atoms with van der Waals surface area (Å²) in [6, 6.07) is 0. The molecule has 4 saturated heterocycles. The van der Waals surface area contributed by atoms with Crippen LogP contribution in [-0.4, -0.2) is 76.3 Å². The molecular formula is C21H30O8. The molecule has 162 valence electrons. The number of fused-ring (bicyclic) bond motifs is 2. The molecule has 1 spiro atoms. The summed E-state index contributed by atoms with van der Waals surface area (Å²) < 4.78 is 46.3. The van der Waals surface area contributed by atoms with Crippen LogP contribution in [0.25, 0.3) is 0 Å². The molecule has 5 atom stereocenters. The van der Waals surface area contributed by atoms with E-state index in [4.69, 9.17) is 37.9 Å². The first-order chi connectivity index (χ1) is 14.2. The van der Waals surface area contributed by atoms with Gasteiger partial charge in [-0.1, -0.05) is 0 Å². The molecule has 29 heavy (non-hydrogen) atoms. The fraction of sp³-hybridized carbons (Fsp3) is 0.905. The quantitative estimate of drug-likeness (QED) is 0.613. The predicted octanol–water partition coefficient (Wildman–Crippen LogP) is 1.72. The van der Waals surface area contributed by atoms with Crippen LogP contribution in [0, 0.1) is 11.8 Å². The summed E-state index contributed by atoms with van der Waals surface area (Å²) in [5, 5.41) is 0. The Balaban J connectivity index is 0.885. The van der Waals surface area contributed by atoms with E-state index in [9.17, 15) is 0 Å². The van der Waals surface area contributed by atoms with Crippen LogP contribution in [0.15, 0.2) is 11.8 Å². The minimum atomic E-state index is -1.35. The molecule has 0 aromatic rings. The summed E-state index contributed by atoms with van der Waals surface area (Å²) >= 11 is 0. The summed E-state index contributed by atoms with van der Waals surface area (Å²) in [5.41, 5.74) is 0. The van der Waals surface area contributed by atoms with E-state index in [1.54, 1.807) is 0 Å². The highest BCUT2D eigenvalue weighted by atomic mass is 17.0. The van der Waals surface area contributed by atoms with Crippen molar-refractivity contribution >= 4 is 0 Å². The Labute approximate surface area is 170 Å². The molecule has 6 aliphatic rings. The summed E-state index contributed by atoms with van der Waals surface area (Å²) in [4.78, 5) is 0. The number of ether oxygens (including phenoxy) is 8. The molecule has 5 unspecified atom stereocenters. The van der Waals surface area contributed by atoms with Crippen molar-refractivity contribution in [3.8, 4) is 0 Å². The van der Waals surface area contributed by atoms with Gasteiger partial charge in [-0.25, -0.2) is 0 Å². The second-order valence-corrected chi connectivity index (χ2v) is 9.10. The monoisotopic (exact) mass is 410 g/mol. The molecule has 2 aliphatic carbocycles. The summed E-state index contributed by atoms with van der Waals surface area (Å²) in [6.45, 7) is 3.26. The van der Waals surface area contributed by atoms with Crippen molar-refractivity contribution in [2.24, 2.45) is 11.8 Å². The van der Waals surface area contributed by atoms with E-state index in [1.807, 2.05) is 0 Å². The SMILES string of the molecule is C1=C2OC2CC(OCC2COC3(OC2)OCC(COC2CCC4OC4C2)CO3)C1. The Morgan fingerprint density at radius 3 is 2.17 bits per heavy atom. The van der Waals surface area contributed by atoms with Gasteiger partial charge < -0.3 is 37.9 Å². The van der Waals surface area contributed by atoms with Crippen LogP contribution in [-0.2, 0) is 37.9 Å². The fourth-order valence-corrected chi connectivity index (χ4v) is 4.67. The Bertz CT molecular complexity index is 620. The lowest BCUT2D eigenvalue weighted by molar-refractivity contribution is -0.536. The highest BCUT2D eigenvalue weighted by molar-refractivity contribution is 5.18. The molecule has 5 fully saturated rings. The molecule has 0 N–H and O–H groups in total. The van der Waals surface area contributed by atoms with Gasteiger partial charge in [0.25, 0.3) is 0 Å². The topological polar surface area (TPSA) is 80.4 Å². The van der Waals surface area contributed by atoms with Crippen molar-refractivity contribution in [2.45, 2.75) is 68.8 Å². The maximum absolute atomic E-state index is 6.06. The Morgan fingerprint density at radius 2 is 1.52 bits per heavy atom. The van der Waals surface area contributed by atoms with Crippen molar-refractivity contribution in [3.63, 3.8) is 0 Å². The average Bonchev–Trinajstić information content (AvgIpc) is 3.67. The van der Waals surface area contributed by atoms with E-state index in [2.05, 4.69) is 6.08 Å². The zero-order chi connectivity index (χ0) is 19.3. The van der Waals surface area contributed by atoms with E-state index in [1.165, 1.54) is 0 Å². The molecule has 0 bridgehead atoms. The zero-order valence-electron chi connectivity index (χ0n) is 16.7. The van der Waals surface area contributed by atoms with E-state index >= 15 is 0 Å². The van der Waals surface area contributed by atoms with Crippen molar-refractivity contribution in [1.82, 2.24) is 0 Å². The number of hydrogen-bond donors (Lipinski definition) is 0. The second-order valence-electron chi connectivity index (χ2n) is 9.10. The first-order valence-electron chi connectivity index (χ1n) is 11.1. The number of epoxide rings is 2. The lowest BCUT2D eigenvalue weighted by Crippen LogP contribution is -2.54. The Hall–Kier alpha value is -0.740. The van der Waals surface area contributed by atoms with Gasteiger partial charge in [-0.3, -0.25) is 0 Å². The highest BCUT2D eigenvalue weighted by Crippen LogP contribution is 2.39. The minimum Gasteiger partial charge on any atom is -0.483 e. The third kappa shape index (κ3) is 4.35. The van der Waals surface area contributed by atoms with Crippen molar-refractivity contribution in [1.29, 1.82) is 0 Å². The lowest BCUT2D eigenvalue weighted by atomic mass is 9.98. The maximum Gasteiger partial charge on any atom is 0.412 e. The van der Waals surface area contributed by atoms with Crippen molar-refractivity contribution in [2.75, 3.05) is 39.6 Å². The molecule has 0 radical (unpaired) electrons. The molecule has 0 amide bonds. The van der Waals surface area contributed by atoms with Crippen molar-refractivity contribution in [3.05, 3.63) is 11.8 Å². The van der Waals surface area contributed by atoms with Gasteiger partial charge in [0.05, 0.1) is 64.1 Å². The largest absolute Gasteiger partial charge is 0.483 e. The summed E-state index contributed by atoms with van der Waals surface area (Å²) in [5.74, 6) is 1.51. The highest BCUT2D eigenvalue weighted by Gasteiger charge is 2.47. The smallest absolute Gasteiger partial charge is 0.412 e. The van der Waals surface area contributed by atoms with Crippen LogP contribution in [0.3, 0.4) is 0 Å². The molecular weight excluding hydrogens is 380 g/mol. The molecule has 4 heterocycles. The van der Waals surface area contributed by atoms with Gasteiger partial charge in [-0.15, -0.1) is 0 Å². The Kier molecular flexibility index (Phi) is 5.07. The predicted molar refractivity (Wildman–Crippen MR) is 97.7 cm³/mol. The van der Waals surface area contributed by atoms with E-state index in [0.29, 0.717) is 64.1 Å². The van der Waals surface area contributed by atoms with E-state index in [0.717, 1.165) is 37.9 Å². The first kappa shape index (κ1) is 19.0. The molecule has 6 rings (SSSR count). The van der Waals surface area contributed by atoms with E-state index < -0.39 is 6.16 Å². The van der Waals surface area contributed by atoms with Crippen LogP contribution >= 0.6 is 0 Å². The lowest BCUT2D eigenvalue weighted by Gasteiger charge is -2.42. The Morgan fingerprint density at radius 1 is 0.828 bits per heavy atom. The molecule has 1 saturated carbocycles. The molecule has 8 heteroatoms. The first-order valence-corrected chi connectivity index (χ1v) is 11.1. The summed E-state index contributed by atoms with van der Waals surface area (Å²) in [7, 11) is 0. The average molecular weight is 410 g/mol. The minimum absolute atomic E-state index is 0.180. The number of hydrogen-bond acceptors (Lipinski definition) is 8. The van der Waals surface area contributed by atoms with Gasteiger partial charge in [-0.2, -0.15) is 0 Å². The third-order valence-electron chi connectivity index (χ3n) is 6.67. The standard InChI is InChI=1S/C21H30O8/c1-3-17-19(28-17)5-15(1)22-7-13-9-24-21(25-10-13)26-11-14(12-27-21)8-23-16-2-4-18-20(6-16)29-18/h3,13-16,18-20H,1-2,4-12H2. The van der Waals surface area contributed by atoms with Gasteiger partial charge in [0.1, 0.15) is 5.76 Å². The molecule has 0 aromatic heterocycles.